The highest BCUT2D eigenvalue weighted by Crippen LogP contribution is 2.54. The first-order valence-corrected chi connectivity index (χ1v) is 18.1. The van der Waals surface area contributed by atoms with Crippen LogP contribution in [-0.4, -0.2) is 0 Å². The van der Waals surface area contributed by atoms with Crippen molar-refractivity contribution in [1.29, 1.82) is 0 Å². The lowest BCUT2D eigenvalue weighted by atomic mass is 9.79. The second-order valence-electron chi connectivity index (χ2n) is 15.2. The molecule has 0 aromatic heterocycles. The highest BCUT2D eigenvalue weighted by atomic mass is 16.5. The van der Waals surface area contributed by atoms with Gasteiger partial charge in [0.2, 0.25) is 0 Å². The summed E-state index contributed by atoms with van der Waals surface area (Å²) < 4.78 is 13.1. The molecule has 2 aliphatic rings. The van der Waals surface area contributed by atoms with Gasteiger partial charge in [0.05, 0.1) is 0 Å². The van der Waals surface area contributed by atoms with Crippen molar-refractivity contribution in [2.75, 3.05) is 0 Å². The minimum atomic E-state index is -0.0280. The summed E-state index contributed by atoms with van der Waals surface area (Å²) in [5.41, 5.74) is 10.9. The van der Waals surface area contributed by atoms with Crippen molar-refractivity contribution in [3.8, 4) is 67.5 Å². The van der Waals surface area contributed by atoms with E-state index in [9.17, 15) is 0 Å². The average Bonchev–Trinajstić information content (AvgIpc) is 3.17. The Bertz CT molecular complexity index is 3000. The van der Waals surface area contributed by atoms with E-state index >= 15 is 0 Å². The van der Waals surface area contributed by atoms with Gasteiger partial charge in [0.15, 0.2) is 0 Å². The summed E-state index contributed by atoms with van der Waals surface area (Å²) in [4.78, 5) is 0. The van der Waals surface area contributed by atoms with E-state index < -0.39 is 0 Å². The van der Waals surface area contributed by atoms with Gasteiger partial charge < -0.3 is 9.47 Å². The van der Waals surface area contributed by atoms with Gasteiger partial charge in [-0.15, -0.1) is 0 Å². The molecule has 9 aromatic rings. The zero-order valence-corrected chi connectivity index (χ0v) is 29.3. The highest BCUT2D eigenvalue weighted by molar-refractivity contribution is 6.27. The van der Waals surface area contributed by atoms with Crippen molar-refractivity contribution in [3.63, 3.8) is 0 Å². The molecule has 2 aliphatic heterocycles. The van der Waals surface area contributed by atoms with Crippen molar-refractivity contribution in [2.24, 2.45) is 0 Å². The van der Waals surface area contributed by atoms with Crippen LogP contribution in [-0.2, 0) is 5.41 Å². The summed E-state index contributed by atoms with van der Waals surface area (Å²) in [5.74, 6) is 3.61. The van der Waals surface area contributed by atoms with E-state index in [2.05, 4.69) is 160 Å². The molecule has 0 amide bonds. The summed E-state index contributed by atoms with van der Waals surface area (Å²) in [6, 6.07) is 55.1. The fourth-order valence-electron chi connectivity index (χ4n) is 8.82. The number of benzene rings is 9. The molecular weight excluding hydrogens is 633 g/mol. The average molecular weight is 667 g/mol. The molecule has 11 rings (SSSR count). The third-order valence-electron chi connectivity index (χ3n) is 11.2. The SMILES string of the molecule is CC(C)(C)c1ccc2c(-c3ccc4c5c(cccc35)-c3ccccc3O4)c3ccccc3c(-c3ccc4c5c(cccc35)-c3ccccc3O4)c2c1. The topological polar surface area (TPSA) is 18.5 Å². The molecule has 0 spiro atoms. The van der Waals surface area contributed by atoms with Crippen LogP contribution < -0.4 is 9.47 Å². The first kappa shape index (κ1) is 29.4. The van der Waals surface area contributed by atoms with Crippen LogP contribution in [0.1, 0.15) is 26.3 Å². The second kappa shape index (κ2) is 10.6. The lowest BCUT2D eigenvalue weighted by Crippen LogP contribution is -2.10. The molecular formula is C50H34O2. The van der Waals surface area contributed by atoms with Gasteiger partial charge in [-0.2, -0.15) is 0 Å². The molecule has 0 aliphatic carbocycles. The first-order valence-electron chi connectivity index (χ1n) is 18.1. The number of ether oxygens (including phenoxy) is 2. The van der Waals surface area contributed by atoms with Crippen molar-refractivity contribution in [1.82, 2.24) is 0 Å². The predicted octanol–water partition coefficient (Wildman–Crippen LogP) is 14.5. The van der Waals surface area contributed by atoms with Gasteiger partial charge in [-0.1, -0.05) is 130 Å². The Balaban J connectivity index is 1.27. The molecule has 0 radical (unpaired) electrons. The predicted molar refractivity (Wildman–Crippen MR) is 217 cm³/mol. The Labute approximate surface area is 302 Å². The standard InChI is InChI=1S/C50H34O2/c1-50(2,3)29-22-23-40-41(28-29)47(39-25-27-45-49-33(17-11-19-37(39)49)31-13-7-9-21-43(31)52-45)35-15-5-4-14-34(35)46(40)38-24-26-44-48-32(16-10-18-36(38)48)30-12-6-8-20-42(30)51-44/h4-28H,1-3H3. The Morgan fingerprint density at radius 3 is 1.31 bits per heavy atom. The fraction of sp³-hybridized carbons (Fsp3) is 0.0800. The second-order valence-corrected chi connectivity index (χ2v) is 15.2. The minimum Gasteiger partial charge on any atom is -0.456 e. The van der Waals surface area contributed by atoms with E-state index in [1.54, 1.807) is 0 Å². The van der Waals surface area contributed by atoms with Gasteiger partial charge in [-0.05, 0) is 119 Å². The summed E-state index contributed by atoms with van der Waals surface area (Å²) in [5, 5.41) is 9.67. The van der Waals surface area contributed by atoms with Crippen LogP contribution in [0.25, 0.3) is 87.6 Å². The lowest BCUT2D eigenvalue weighted by Gasteiger charge is -2.26. The van der Waals surface area contributed by atoms with Gasteiger partial charge >= 0.3 is 0 Å². The number of hydrogen-bond acceptors (Lipinski definition) is 2. The molecule has 0 fully saturated rings. The van der Waals surface area contributed by atoms with Crippen molar-refractivity contribution < 1.29 is 9.47 Å². The van der Waals surface area contributed by atoms with E-state index in [0.717, 1.165) is 44.9 Å². The van der Waals surface area contributed by atoms with Gasteiger partial charge in [0, 0.05) is 21.9 Å². The third kappa shape index (κ3) is 4.06. The zero-order chi connectivity index (χ0) is 34.7. The van der Waals surface area contributed by atoms with E-state index in [1.807, 2.05) is 12.1 Å². The van der Waals surface area contributed by atoms with Crippen LogP contribution in [0, 0.1) is 0 Å². The van der Waals surface area contributed by atoms with Crippen LogP contribution in [0.3, 0.4) is 0 Å². The molecule has 2 nitrogen and oxygen atoms in total. The molecule has 0 atom stereocenters. The Morgan fingerprint density at radius 1 is 0.327 bits per heavy atom. The monoisotopic (exact) mass is 666 g/mol. The van der Waals surface area contributed by atoms with E-state index in [0.29, 0.717) is 0 Å². The maximum atomic E-state index is 6.54. The van der Waals surface area contributed by atoms with Crippen molar-refractivity contribution in [2.45, 2.75) is 26.2 Å². The number of fused-ring (bicyclic) bond motifs is 6. The number of para-hydroxylation sites is 2. The maximum absolute atomic E-state index is 6.54. The quantitative estimate of drug-likeness (QED) is 0.171. The zero-order valence-electron chi connectivity index (χ0n) is 29.3. The molecule has 52 heavy (non-hydrogen) atoms. The van der Waals surface area contributed by atoms with Crippen LogP contribution in [0.5, 0.6) is 23.0 Å². The Morgan fingerprint density at radius 2 is 0.769 bits per heavy atom. The van der Waals surface area contributed by atoms with E-state index in [4.69, 9.17) is 9.47 Å². The van der Waals surface area contributed by atoms with Gasteiger partial charge in [-0.25, -0.2) is 0 Å². The smallest absolute Gasteiger partial charge is 0.135 e. The molecule has 246 valence electrons. The van der Waals surface area contributed by atoms with E-state index in [1.165, 1.54) is 71.3 Å². The van der Waals surface area contributed by atoms with Gasteiger partial charge in [0.25, 0.3) is 0 Å². The normalized spacial score (nSPS) is 12.8. The molecule has 0 saturated heterocycles. The largest absolute Gasteiger partial charge is 0.456 e. The summed E-state index contributed by atoms with van der Waals surface area (Å²) in [7, 11) is 0. The molecule has 9 aromatic carbocycles. The molecule has 0 bridgehead atoms. The maximum Gasteiger partial charge on any atom is 0.135 e. The number of rotatable bonds is 2. The number of hydrogen-bond donors (Lipinski definition) is 0. The molecule has 0 saturated carbocycles. The summed E-state index contributed by atoms with van der Waals surface area (Å²) in [6.07, 6.45) is 0. The highest BCUT2D eigenvalue weighted by Gasteiger charge is 2.27. The van der Waals surface area contributed by atoms with Gasteiger partial charge in [0.1, 0.15) is 23.0 Å². The molecule has 2 heterocycles. The van der Waals surface area contributed by atoms with Crippen molar-refractivity contribution in [3.05, 3.63) is 157 Å². The van der Waals surface area contributed by atoms with Gasteiger partial charge in [-0.3, -0.25) is 0 Å². The lowest BCUT2D eigenvalue weighted by molar-refractivity contribution is 0.487. The summed E-state index contributed by atoms with van der Waals surface area (Å²) >= 11 is 0. The van der Waals surface area contributed by atoms with E-state index in [-0.39, 0.29) is 5.41 Å². The van der Waals surface area contributed by atoms with Crippen LogP contribution >= 0.6 is 0 Å². The molecule has 0 N–H and O–H groups in total. The summed E-state index contributed by atoms with van der Waals surface area (Å²) in [6.45, 7) is 6.91. The van der Waals surface area contributed by atoms with Crippen LogP contribution in [0.15, 0.2) is 152 Å². The van der Waals surface area contributed by atoms with Crippen LogP contribution in [0.2, 0.25) is 0 Å². The van der Waals surface area contributed by atoms with Crippen LogP contribution in [0.4, 0.5) is 0 Å². The molecule has 2 heteroatoms. The Kier molecular flexibility index (Phi) is 5.97. The fourth-order valence-corrected chi connectivity index (χ4v) is 8.82. The minimum absolute atomic E-state index is 0.0280. The Hall–Kier alpha value is -6.38. The van der Waals surface area contributed by atoms with Crippen molar-refractivity contribution >= 4 is 43.1 Å². The first-order chi connectivity index (χ1) is 25.4. The third-order valence-corrected chi connectivity index (χ3v) is 11.2. The molecule has 0 unspecified atom stereocenters.